The van der Waals surface area contributed by atoms with Crippen molar-refractivity contribution in [1.29, 1.82) is 0 Å². The van der Waals surface area contributed by atoms with E-state index in [-0.39, 0.29) is 6.79 Å². The second-order valence-corrected chi connectivity index (χ2v) is 5.01. The third-order valence-electron chi connectivity index (χ3n) is 2.96. The molecule has 0 heterocycles. The molecule has 1 aromatic carbocycles. The second-order valence-electron chi connectivity index (χ2n) is 5.01. The molecule has 0 aliphatic rings. The first-order valence-electron chi connectivity index (χ1n) is 7.32. The Morgan fingerprint density at radius 1 is 1.27 bits per heavy atom. The van der Waals surface area contributed by atoms with Crippen molar-refractivity contribution >= 4 is 11.4 Å². The zero-order valence-corrected chi connectivity index (χ0v) is 14.1. The summed E-state index contributed by atoms with van der Waals surface area (Å²) in [6.45, 7) is 9.29. The molecule has 1 aromatic rings. The Kier molecular flexibility index (Phi) is 8.07. The zero-order chi connectivity index (χ0) is 16.4. The Labute approximate surface area is 132 Å². The molecule has 5 nitrogen and oxygen atoms in total. The fourth-order valence-electron chi connectivity index (χ4n) is 2.05. The first kappa shape index (κ1) is 18.0. The Morgan fingerprint density at radius 2 is 1.95 bits per heavy atom. The summed E-state index contributed by atoms with van der Waals surface area (Å²) >= 11 is 0. The molecule has 1 rings (SSSR count). The fraction of sp³-hybridized carbons (Fsp3) is 0.471. The molecule has 0 amide bonds. The summed E-state index contributed by atoms with van der Waals surface area (Å²) < 4.78 is 11.1. The van der Waals surface area contributed by atoms with Gasteiger partial charge in [-0.3, -0.25) is 0 Å². The summed E-state index contributed by atoms with van der Waals surface area (Å²) in [7, 11) is 1.51. The lowest BCUT2D eigenvalue weighted by molar-refractivity contribution is 0.0337. The summed E-state index contributed by atoms with van der Waals surface area (Å²) in [5, 5.41) is 7.12. The Bertz CT molecular complexity index is 502. The van der Waals surface area contributed by atoms with Gasteiger partial charge in [-0.15, -0.1) is 0 Å². The van der Waals surface area contributed by atoms with Crippen LogP contribution >= 0.6 is 0 Å². The monoisotopic (exact) mass is 306 g/mol. The van der Waals surface area contributed by atoms with E-state index >= 15 is 0 Å². The van der Waals surface area contributed by atoms with E-state index in [9.17, 15) is 0 Å². The average molecular weight is 306 g/mol. The highest BCUT2D eigenvalue weighted by molar-refractivity contribution is 5.82. The van der Waals surface area contributed by atoms with Gasteiger partial charge in [0.25, 0.3) is 0 Å². The van der Waals surface area contributed by atoms with Gasteiger partial charge in [-0.05, 0) is 51.0 Å². The molecule has 0 aliphatic heterocycles. The Balaban J connectivity index is 2.55. The maximum absolute atomic E-state index is 5.72. The van der Waals surface area contributed by atoms with Crippen LogP contribution < -0.4 is 10.1 Å². The highest BCUT2D eigenvalue weighted by atomic mass is 16.7. The number of nitrogens with zero attached hydrogens (tertiary/aromatic N) is 1. The maximum atomic E-state index is 5.72. The van der Waals surface area contributed by atoms with Crippen molar-refractivity contribution in [2.45, 2.75) is 27.7 Å². The van der Waals surface area contributed by atoms with Crippen LogP contribution in [0.2, 0.25) is 0 Å². The van der Waals surface area contributed by atoms with Crippen LogP contribution in [0.3, 0.4) is 0 Å². The van der Waals surface area contributed by atoms with E-state index in [1.165, 1.54) is 7.11 Å². The highest BCUT2D eigenvalue weighted by Crippen LogP contribution is 2.27. The summed E-state index contributed by atoms with van der Waals surface area (Å²) in [5.74, 6) is 0.859. The number of allylic oxidation sites excluding steroid dienone is 1. The first-order chi connectivity index (χ1) is 10.6. The number of nitrogens with one attached hydrogen (secondary N) is 1. The third kappa shape index (κ3) is 6.18. The van der Waals surface area contributed by atoms with E-state index in [1.807, 2.05) is 33.8 Å². The molecule has 0 bridgehead atoms. The number of ether oxygens (including phenoxy) is 2. The van der Waals surface area contributed by atoms with Gasteiger partial charge < -0.3 is 19.6 Å². The normalized spacial score (nSPS) is 11.8. The van der Waals surface area contributed by atoms with Gasteiger partial charge >= 0.3 is 0 Å². The summed E-state index contributed by atoms with van der Waals surface area (Å²) in [6.07, 6.45) is 4.10. The number of hydrogen-bond donors (Lipinski definition) is 1. The molecule has 0 saturated carbocycles. The molecule has 122 valence electrons. The van der Waals surface area contributed by atoms with Crippen molar-refractivity contribution in [3.8, 4) is 5.75 Å². The van der Waals surface area contributed by atoms with Gasteiger partial charge in [-0.25, -0.2) is 0 Å². The van der Waals surface area contributed by atoms with Crippen LogP contribution in [-0.2, 0) is 9.57 Å². The first-order valence-corrected chi connectivity index (χ1v) is 7.32. The van der Waals surface area contributed by atoms with Crippen LogP contribution in [0.25, 0.3) is 0 Å². The van der Waals surface area contributed by atoms with Gasteiger partial charge in [-0.2, -0.15) is 0 Å². The standard InChI is InChI=1S/C17H26N2O3/c1-6-7-8-18-16-9-13(2)17(14(3)10-16)22-12-21-11-15(4)19-20-5/h6-7,9-10,18H,8,11-12H2,1-5H3/b7-6+,19-15?. The van der Waals surface area contributed by atoms with Crippen LogP contribution in [0, 0.1) is 13.8 Å². The SMILES string of the molecule is C/C=C/CNc1cc(C)c(OCOCC(C)=NOC)c(C)c1. The molecule has 0 spiro atoms. The number of anilines is 1. The van der Waals surface area contributed by atoms with Crippen molar-refractivity contribution < 1.29 is 14.3 Å². The van der Waals surface area contributed by atoms with Crippen molar-refractivity contribution in [2.24, 2.45) is 5.16 Å². The number of benzene rings is 1. The molecule has 22 heavy (non-hydrogen) atoms. The lowest BCUT2D eigenvalue weighted by Gasteiger charge is -2.14. The van der Waals surface area contributed by atoms with Gasteiger partial charge in [0.15, 0.2) is 6.79 Å². The molecular weight excluding hydrogens is 280 g/mol. The molecule has 0 aliphatic carbocycles. The van der Waals surface area contributed by atoms with Crippen LogP contribution in [0.4, 0.5) is 5.69 Å². The van der Waals surface area contributed by atoms with E-state index in [1.54, 1.807) is 0 Å². The van der Waals surface area contributed by atoms with Gasteiger partial charge in [0.2, 0.25) is 0 Å². The molecule has 0 atom stereocenters. The highest BCUT2D eigenvalue weighted by Gasteiger charge is 2.06. The van der Waals surface area contributed by atoms with E-state index in [4.69, 9.17) is 9.47 Å². The third-order valence-corrected chi connectivity index (χ3v) is 2.96. The maximum Gasteiger partial charge on any atom is 0.189 e. The zero-order valence-electron chi connectivity index (χ0n) is 14.1. The Hall–Kier alpha value is -2.01. The van der Waals surface area contributed by atoms with Crippen LogP contribution in [-0.4, -0.2) is 32.8 Å². The predicted molar refractivity (Wildman–Crippen MR) is 90.8 cm³/mol. The van der Waals surface area contributed by atoms with E-state index < -0.39 is 0 Å². The molecule has 0 aromatic heterocycles. The molecule has 1 N–H and O–H groups in total. The smallest absolute Gasteiger partial charge is 0.189 e. The number of oxime groups is 1. The van der Waals surface area contributed by atoms with Crippen LogP contribution in [0.1, 0.15) is 25.0 Å². The van der Waals surface area contributed by atoms with Crippen molar-refractivity contribution in [2.75, 3.05) is 32.4 Å². The molecular formula is C17H26N2O3. The van der Waals surface area contributed by atoms with Crippen LogP contribution in [0.5, 0.6) is 5.75 Å². The fourth-order valence-corrected chi connectivity index (χ4v) is 2.05. The lowest BCUT2D eigenvalue weighted by atomic mass is 10.1. The topological polar surface area (TPSA) is 52.1 Å². The summed E-state index contributed by atoms with van der Waals surface area (Å²) in [5.41, 5.74) is 4.01. The second kappa shape index (κ2) is 9.84. The number of aryl methyl sites for hydroxylation is 2. The van der Waals surface area contributed by atoms with Crippen molar-refractivity contribution in [3.63, 3.8) is 0 Å². The van der Waals surface area contributed by atoms with Gasteiger partial charge in [0.1, 0.15) is 12.9 Å². The van der Waals surface area contributed by atoms with Gasteiger partial charge in [-0.1, -0.05) is 17.3 Å². The minimum atomic E-state index is 0.184. The molecule has 0 saturated heterocycles. The van der Waals surface area contributed by atoms with Crippen LogP contribution in [0.15, 0.2) is 29.4 Å². The molecule has 0 fully saturated rings. The molecule has 0 unspecified atom stereocenters. The molecule has 0 radical (unpaired) electrons. The quantitative estimate of drug-likeness (QED) is 0.249. The van der Waals surface area contributed by atoms with Gasteiger partial charge in [0.05, 0.1) is 12.3 Å². The summed E-state index contributed by atoms with van der Waals surface area (Å²) in [4.78, 5) is 4.67. The minimum absolute atomic E-state index is 0.184. The van der Waals surface area contributed by atoms with E-state index in [0.29, 0.717) is 6.61 Å². The predicted octanol–water partition coefficient (Wildman–Crippen LogP) is 3.67. The van der Waals surface area contributed by atoms with E-state index in [0.717, 1.165) is 34.8 Å². The lowest BCUT2D eigenvalue weighted by Crippen LogP contribution is -2.11. The van der Waals surface area contributed by atoms with Crippen molar-refractivity contribution in [1.82, 2.24) is 0 Å². The number of hydrogen-bond acceptors (Lipinski definition) is 5. The average Bonchev–Trinajstić information content (AvgIpc) is 2.46. The summed E-state index contributed by atoms with van der Waals surface area (Å²) in [6, 6.07) is 4.15. The molecule has 5 heteroatoms. The largest absolute Gasteiger partial charge is 0.467 e. The van der Waals surface area contributed by atoms with Crippen molar-refractivity contribution in [3.05, 3.63) is 35.4 Å². The Morgan fingerprint density at radius 3 is 2.55 bits per heavy atom. The van der Waals surface area contributed by atoms with E-state index in [2.05, 4.69) is 33.5 Å². The number of rotatable bonds is 9. The van der Waals surface area contributed by atoms with Gasteiger partial charge in [0, 0.05) is 12.2 Å². The minimum Gasteiger partial charge on any atom is -0.467 e.